The molecular formula is C17H18FN3O4S. The van der Waals surface area contributed by atoms with Crippen molar-refractivity contribution in [2.24, 2.45) is 5.14 Å². The van der Waals surface area contributed by atoms with Gasteiger partial charge in [0.2, 0.25) is 21.8 Å². The molecule has 0 bridgehead atoms. The van der Waals surface area contributed by atoms with Crippen LogP contribution in [0.15, 0.2) is 53.4 Å². The summed E-state index contributed by atoms with van der Waals surface area (Å²) in [6.07, 6.45) is 0.0181. The first-order valence-corrected chi connectivity index (χ1v) is 9.23. The number of para-hydroxylation sites is 1. The maximum atomic E-state index is 13.4. The molecule has 0 radical (unpaired) electrons. The molecular weight excluding hydrogens is 361 g/mol. The number of carbonyl (C=O) groups is 2. The van der Waals surface area contributed by atoms with Crippen molar-refractivity contribution in [3.05, 3.63) is 59.9 Å². The molecule has 0 unspecified atom stereocenters. The van der Waals surface area contributed by atoms with Gasteiger partial charge in [-0.1, -0.05) is 24.3 Å². The van der Waals surface area contributed by atoms with Crippen molar-refractivity contribution in [1.82, 2.24) is 5.32 Å². The Morgan fingerprint density at radius 2 is 1.65 bits per heavy atom. The van der Waals surface area contributed by atoms with Crippen LogP contribution in [0.25, 0.3) is 0 Å². The first-order valence-electron chi connectivity index (χ1n) is 7.68. The first kappa shape index (κ1) is 19.5. The Balaban J connectivity index is 1.76. The molecule has 26 heavy (non-hydrogen) atoms. The number of hydrogen-bond acceptors (Lipinski definition) is 4. The van der Waals surface area contributed by atoms with Gasteiger partial charge in [-0.3, -0.25) is 9.59 Å². The summed E-state index contributed by atoms with van der Waals surface area (Å²) >= 11 is 0. The average Bonchev–Trinajstić information content (AvgIpc) is 2.56. The van der Waals surface area contributed by atoms with Crippen LogP contribution in [-0.2, 0) is 26.0 Å². The van der Waals surface area contributed by atoms with Gasteiger partial charge in [-0.05, 0) is 36.2 Å². The molecule has 0 fully saturated rings. The van der Waals surface area contributed by atoms with E-state index in [4.69, 9.17) is 5.14 Å². The average molecular weight is 379 g/mol. The second-order valence-electron chi connectivity index (χ2n) is 5.49. The van der Waals surface area contributed by atoms with E-state index in [0.29, 0.717) is 6.42 Å². The summed E-state index contributed by atoms with van der Waals surface area (Å²) < 4.78 is 35.7. The molecule has 2 amide bonds. The third kappa shape index (κ3) is 5.94. The monoisotopic (exact) mass is 379 g/mol. The minimum absolute atomic E-state index is 0.00935. The highest BCUT2D eigenvalue weighted by molar-refractivity contribution is 7.89. The highest BCUT2D eigenvalue weighted by atomic mass is 32.2. The summed E-state index contributed by atoms with van der Waals surface area (Å²) in [5.41, 5.74) is 0.814. The van der Waals surface area contributed by atoms with Gasteiger partial charge >= 0.3 is 0 Å². The highest BCUT2D eigenvalue weighted by Gasteiger charge is 2.11. The second kappa shape index (κ2) is 8.54. The summed E-state index contributed by atoms with van der Waals surface area (Å²) in [7, 11) is -3.74. The number of amides is 2. The number of nitrogens with one attached hydrogen (secondary N) is 2. The molecule has 0 atom stereocenters. The molecule has 4 N–H and O–H groups in total. The molecule has 2 rings (SSSR count). The fourth-order valence-corrected chi connectivity index (χ4v) is 2.67. The van der Waals surface area contributed by atoms with Crippen LogP contribution in [-0.4, -0.2) is 26.8 Å². The van der Waals surface area contributed by atoms with Crippen LogP contribution < -0.4 is 15.8 Å². The van der Waals surface area contributed by atoms with E-state index >= 15 is 0 Å². The third-order valence-electron chi connectivity index (χ3n) is 3.46. The Bertz CT molecular complexity index is 898. The topological polar surface area (TPSA) is 118 Å². The molecule has 0 aliphatic heterocycles. The molecule has 0 saturated heterocycles. The predicted octanol–water partition coefficient (Wildman–Crippen LogP) is 1.16. The van der Waals surface area contributed by atoms with Crippen molar-refractivity contribution in [2.75, 3.05) is 11.9 Å². The van der Waals surface area contributed by atoms with Crippen LogP contribution in [0.4, 0.5) is 10.1 Å². The van der Waals surface area contributed by atoms with Gasteiger partial charge in [0.15, 0.2) is 0 Å². The second-order valence-corrected chi connectivity index (χ2v) is 7.06. The largest absolute Gasteiger partial charge is 0.355 e. The third-order valence-corrected chi connectivity index (χ3v) is 4.39. The molecule has 0 spiro atoms. The van der Waals surface area contributed by atoms with E-state index in [1.54, 1.807) is 18.2 Å². The Hall–Kier alpha value is -2.78. The van der Waals surface area contributed by atoms with Gasteiger partial charge in [0, 0.05) is 6.54 Å². The molecule has 0 aromatic heterocycles. The van der Waals surface area contributed by atoms with Gasteiger partial charge in [-0.15, -0.1) is 0 Å². The van der Waals surface area contributed by atoms with Crippen LogP contribution in [0.2, 0.25) is 0 Å². The van der Waals surface area contributed by atoms with Crippen LogP contribution in [0.1, 0.15) is 12.0 Å². The lowest BCUT2D eigenvalue weighted by atomic mass is 10.1. The van der Waals surface area contributed by atoms with E-state index in [9.17, 15) is 22.4 Å². The van der Waals surface area contributed by atoms with E-state index in [1.165, 1.54) is 30.3 Å². The van der Waals surface area contributed by atoms with Crippen molar-refractivity contribution in [1.29, 1.82) is 0 Å². The molecule has 0 heterocycles. The number of benzene rings is 2. The van der Waals surface area contributed by atoms with Gasteiger partial charge in [0.1, 0.15) is 12.2 Å². The van der Waals surface area contributed by atoms with Crippen LogP contribution in [0, 0.1) is 5.82 Å². The summed E-state index contributed by atoms with van der Waals surface area (Å²) in [6, 6.07) is 11.6. The standard InChI is InChI=1S/C17H18FN3O4S/c18-14-3-1-2-4-15(14)21-17(23)11-16(22)20-10-9-12-5-7-13(8-6-12)26(19,24)25/h1-8H,9-11H2,(H,20,22)(H,21,23)(H2,19,24,25). The molecule has 138 valence electrons. The normalized spacial score (nSPS) is 11.0. The Labute approximate surface area is 150 Å². The number of carbonyl (C=O) groups excluding carboxylic acids is 2. The van der Waals surface area contributed by atoms with E-state index in [2.05, 4.69) is 10.6 Å². The van der Waals surface area contributed by atoms with E-state index in [1.807, 2.05) is 0 Å². The molecule has 0 aliphatic rings. The van der Waals surface area contributed by atoms with Crippen LogP contribution >= 0.6 is 0 Å². The van der Waals surface area contributed by atoms with Crippen molar-refractivity contribution >= 4 is 27.5 Å². The van der Waals surface area contributed by atoms with Gasteiger partial charge in [0.05, 0.1) is 10.6 Å². The molecule has 0 saturated carbocycles. The van der Waals surface area contributed by atoms with Crippen molar-refractivity contribution in [3.63, 3.8) is 0 Å². The van der Waals surface area contributed by atoms with Gasteiger partial charge < -0.3 is 10.6 Å². The van der Waals surface area contributed by atoms with Gasteiger partial charge in [-0.25, -0.2) is 17.9 Å². The Kier molecular flexibility index (Phi) is 6.42. The molecule has 9 heteroatoms. The lowest BCUT2D eigenvalue weighted by Crippen LogP contribution is -2.29. The summed E-state index contributed by atoms with van der Waals surface area (Å²) in [4.78, 5) is 23.5. The number of sulfonamides is 1. The minimum Gasteiger partial charge on any atom is -0.355 e. The number of hydrogen-bond donors (Lipinski definition) is 3. The first-order chi connectivity index (χ1) is 12.3. The zero-order chi connectivity index (χ0) is 19.2. The smallest absolute Gasteiger partial charge is 0.238 e. The van der Waals surface area contributed by atoms with Gasteiger partial charge in [0.25, 0.3) is 0 Å². The highest BCUT2D eigenvalue weighted by Crippen LogP contribution is 2.12. The van der Waals surface area contributed by atoms with Crippen LogP contribution in [0.5, 0.6) is 0 Å². The van der Waals surface area contributed by atoms with E-state index < -0.39 is 34.1 Å². The molecule has 7 nitrogen and oxygen atoms in total. The van der Waals surface area contributed by atoms with Gasteiger partial charge in [-0.2, -0.15) is 0 Å². The van der Waals surface area contributed by atoms with Crippen molar-refractivity contribution in [2.45, 2.75) is 17.7 Å². The quantitative estimate of drug-likeness (QED) is 0.626. The lowest BCUT2D eigenvalue weighted by Gasteiger charge is -2.08. The summed E-state index contributed by atoms with van der Waals surface area (Å²) in [6.45, 7) is 0.264. The zero-order valence-electron chi connectivity index (χ0n) is 13.7. The number of halogens is 1. The molecule has 2 aromatic carbocycles. The maximum Gasteiger partial charge on any atom is 0.238 e. The molecule has 2 aromatic rings. The number of rotatable bonds is 7. The molecule has 0 aliphatic carbocycles. The summed E-state index contributed by atoms with van der Waals surface area (Å²) in [5.74, 6) is -1.70. The minimum atomic E-state index is -3.74. The van der Waals surface area contributed by atoms with E-state index in [-0.39, 0.29) is 17.1 Å². The lowest BCUT2D eigenvalue weighted by molar-refractivity contribution is -0.126. The SMILES string of the molecule is NS(=O)(=O)c1ccc(CCNC(=O)CC(=O)Nc2ccccc2F)cc1. The van der Waals surface area contributed by atoms with Crippen molar-refractivity contribution < 1.29 is 22.4 Å². The van der Waals surface area contributed by atoms with Crippen LogP contribution in [0.3, 0.4) is 0 Å². The number of primary sulfonamides is 1. The predicted molar refractivity (Wildman–Crippen MR) is 94.2 cm³/mol. The van der Waals surface area contributed by atoms with Crippen molar-refractivity contribution in [3.8, 4) is 0 Å². The number of nitrogens with two attached hydrogens (primary N) is 1. The summed E-state index contributed by atoms with van der Waals surface area (Å²) in [5, 5.41) is 9.91. The fraction of sp³-hybridized carbons (Fsp3) is 0.176. The maximum absolute atomic E-state index is 13.4. The zero-order valence-corrected chi connectivity index (χ0v) is 14.6. The Morgan fingerprint density at radius 1 is 1.00 bits per heavy atom. The Morgan fingerprint density at radius 3 is 2.27 bits per heavy atom. The fourth-order valence-electron chi connectivity index (χ4n) is 2.16. The van der Waals surface area contributed by atoms with E-state index in [0.717, 1.165) is 5.56 Å². The number of anilines is 1.